The second kappa shape index (κ2) is 6.53. The van der Waals surface area contributed by atoms with Crippen molar-refractivity contribution in [3.63, 3.8) is 0 Å². The molecule has 0 saturated heterocycles. The molecule has 0 aromatic heterocycles. The van der Waals surface area contributed by atoms with E-state index in [4.69, 9.17) is 5.73 Å². The predicted octanol–water partition coefficient (Wildman–Crippen LogP) is 3.31. The van der Waals surface area contributed by atoms with Gasteiger partial charge in [0.05, 0.1) is 0 Å². The van der Waals surface area contributed by atoms with Crippen LogP contribution in [-0.4, -0.2) is 11.7 Å². The number of amides is 1. The van der Waals surface area contributed by atoms with Gasteiger partial charge in [-0.3, -0.25) is 9.59 Å². The minimum Gasteiger partial charge on any atom is -0.369 e. The van der Waals surface area contributed by atoms with Crippen molar-refractivity contribution >= 4 is 11.7 Å². The zero-order valence-electron chi connectivity index (χ0n) is 12.9. The Morgan fingerprint density at radius 1 is 1.21 bits per heavy atom. The van der Waals surface area contributed by atoms with E-state index in [1.165, 1.54) is 19.3 Å². The maximum Gasteiger partial charge on any atom is 0.221 e. The highest BCUT2D eigenvalue weighted by Crippen LogP contribution is 2.38. The Labute approximate surface area is 117 Å². The fourth-order valence-corrected chi connectivity index (χ4v) is 2.95. The standard InChI is InChI=1S/C16H29NO2/c1-5-7-12(15(17)19)13(10-11-8-6-9-11)14(18)16(2,3)4/h11-13H,5-10H2,1-4H3,(H2,17,19)/t12-,13+/m0/s1. The zero-order chi connectivity index (χ0) is 14.6. The van der Waals surface area contributed by atoms with E-state index in [1.54, 1.807) is 0 Å². The molecule has 1 aliphatic carbocycles. The molecule has 0 radical (unpaired) electrons. The lowest BCUT2D eigenvalue weighted by molar-refractivity contribution is -0.138. The minimum atomic E-state index is -0.393. The van der Waals surface area contributed by atoms with Crippen LogP contribution in [0.3, 0.4) is 0 Å². The number of Topliss-reactive ketones (excluding diaryl/α,β-unsaturated/α-hetero) is 1. The van der Waals surface area contributed by atoms with Gasteiger partial charge in [0.2, 0.25) is 5.91 Å². The largest absolute Gasteiger partial charge is 0.369 e. The van der Waals surface area contributed by atoms with Gasteiger partial charge in [-0.2, -0.15) is 0 Å². The van der Waals surface area contributed by atoms with Crippen molar-refractivity contribution in [1.29, 1.82) is 0 Å². The summed E-state index contributed by atoms with van der Waals surface area (Å²) in [5.41, 5.74) is 5.16. The highest BCUT2D eigenvalue weighted by molar-refractivity contribution is 5.91. The Bertz CT molecular complexity index is 326. The average Bonchev–Trinajstić information content (AvgIpc) is 2.23. The summed E-state index contributed by atoms with van der Waals surface area (Å²) in [6, 6.07) is 0. The van der Waals surface area contributed by atoms with E-state index in [0.29, 0.717) is 5.92 Å². The molecular formula is C16H29NO2. The lowest BCUT2D eigenvalue weighted by atomic mass is 9.68. The van der Waals surface area contributed by atoms with Gasteiger partial charge in [-0.1, -0.05) is 53.4 Å². The zero-order valence-corrected chi connectivity index (χ0v) is 12.9. The molecule has 0 bridgehead atoms. The molecule has 0 unspecified atom stereocenters. The van der Waals surface area contributed by atoms with E-state index in [1.807, 2.05) is 27.7 Å². The van der Waals surface area contributed by atoms with Gasteiger partial charge in [0.25, 0.3) is 0 Å². The molecule has 19 heavy (non-hydrogen) atoms. The molecule has 0 spiro atoms. The van der Waals surface area contributed by atoms with Crippen LogP contribution >= 0.6 is 0 Å². The van der Waals surface area contributed by atoms with Crippen molar-refractivity contribution in [2.75, 3.05) is 0 Å². The molecular weight excluding hydrogens is 238 g/mol. The van der Waals surface area contributed by atoms with Crippen LogP contribution in [0.25, 0.3) is 0 Å². The summed E-state index contributed by atoms with van der Waals surface area (Å²) >= 11 is 0. The lowest BCUT2D eigenvalue weighted by Crippen LogP contribution is -2.40. The molecule has 1 saturated carbocycles. The van der Waals surface area contributed by atoms with Crippen molar-refractivity contribution in [3.05, 3.63) is 0 Å². The average molecular weight is 267 g/mol. The van der Waals surface area contributed by atoms with Crippen LogP contribution < -0.4 is 5.73 Å². The topological polar surface area (TPSA) is 60.2 Å². The van der Waals surface area contributed by atoms with E-state index in [-0.39, 0.29) is 23.5 Å². The first-order chi connectivity index (χ1) is 8.77. The van der Waals surface area contributed by atoms with Crippen molar-refractivity contribution in [2.45, 2.75) is 66.2 Å². The number of nitrogens with two attached hydrogens (primary N) is 1. The van der Waals surface area contributed by atoms with E-state index in [2.05, 4.69) is 0 Å². The first-order valence-corrected chi connectivity index (χ1v) is 7.61. The highest BCUT2D eigenvalue weighted by Gasteiger charge is 2.39. The normalized spacial score (nSPS) is 19.6. The van der Waals surface area contributed by atoms with Crippen LogP contribution in [0.5, 0.6) is 0 Å². The van der Waals surface area contributed by atoms with Gasteiger partial charge >= 0.3 is 0 Å². The molecule has 3 nitrogen and oxygen atoms in total. The van der Waals surface area contributed by atoms with Crippen molar-refractivity contribution in [2.24, 2.45) is 28.9 Å². The van der Waals surface area contributed by atoms with E-state index >= 15 is 0 Å². The van der Waals surface area contributed by atoms with Gasteiger partial charge in [-0.15, -0.1) is 0 Å². The second-order valence-corrected chi connectivity index (χ2v) is 7.05. The lowest BCUT2D eigenvalue weighted by Gasteiger charge is -2.35. The predicted molar refractivity (Wildman–Crippen MR) is 77.5 cm³/mol. The monoisotopic (exact) mass is 267 g/mol. The Morgan fingerprint density at radius 2 is 1.79 bits per heavy atom. The SMILES string of the molecule is CCC[C@H](C(N)=O)[C@@H](CC1CCC1)C(=O)C(C)(C)C. The first-order valence-electron chi connectivity index (χ1n) is 7.61. The third-order valence-corrected chi connectivity index (χ3v) is 4.34. The third-order valence-electron chi connectivity index (χ3n) is 4.34. The summed E-state index contributed by atoms with van der Waals surface area (Å²) in [4.78, 5) is 24.4. The van der Waals surface area contributed by atoms with Crippen LogP contribution in [-0.2, 0) is 9.59 Å². The molecule has 1 amide bonds. The molecule has 1 aliphatic rings. The molecule has 0 aliphatic heterocycles. The van der Waals surface area contributed by atoms with Crippen LogP contribution in [0.1, 0.15) is 66.2 Å². The number of carbonyl (C=O) groups excluding carboxylic acids is 2. The smallest absolute Gasteiger partial charge is 0.221 e. The summed E-state index contributed by atoms with van der Waals surface area (Å²) in [7, 11) is 0. The fourth-order valence-electron chi connectivity index (χ4n) is 2.95. The van der Waals surface area contributed by atoms with Crippen LogP contribution in [0, 0.1) is 23.2 Å². The molecule has 0 heterocycles. The molecule has 110 valence electrons. The van der Waals surface area contributed by atoms with Crippen molar-refractivity contribution in [1.82, 2.24) is 0 Å². The molecule has 3 heteroatoms. The molecule has 1 rings (SSSR count). The summed E-state index contributed by atoms with van der Waals surface area (Å²) in [6.45, 7) is 7.85. The van der Waals surface area contributed by atoms with Gasteiger partial charge in [0, 0.05) is 17.3 Å². The fraction of sp³-hybridized carbons (Fsp3) is 0.875. The maximum absolute atomic E-state index is 12.7. The van der Waals surface area contributed by atoms with Crippen LogP contribution in [0.15, 0.2) is 0 Å². The highest BCUT2D eigenvalue weighted by atomic mass is 16.1. The quantitative estimate of drug-likeness (QED) is 0.769. The number of hydrogen-bond donors (Lipinski definition) is 1. The van der Waals surface area contributed by atoms with E-state index < -0.39 is 5.41 Å². The number of rotatable bonds is 7. The van der Waals surface area contributed by atoms with Gasteiger partial charge in [-0.25, -0.2) is 0 Å². The molecule has 1 fully saturated rings. The van der Waals surface area contributed by atoms with Gasteiger partial charge in [0.1, 0.15) is 5.78 Å². The van der Waals surface area contributed by atoms with Crippen molar-refractivity contribution in [3.8, 4) is 0 Å². The molecule has 0 aromatic rings. The number of primary amides is 1. The summed E-state index contributed by atoms with van der Waals surface area (Å²) in [5, 5.41) is 0. The Morgan fingerprint density at radius 3 is 2.11 bits per heavy atom. The van der Waals surface area contributed by atoms with E-state index in [9.17, 15) is 9.59 Å². The Balaban J connectivity index is 2.87. The molecule has 0 aromatic carbocycles. The van der Waals surface area contributed by atoms with Crippen LogP contribution in [0.2, 0.25) is 0 Å². The molecule has 2 atom stereocenters. The summed E-state index contributed by atoms with van der Waals surface area (Å²) in [5.74, 6) is 0.0653. The van der Waals surface area contributed by atoms with Crippen LogP contribution in [0.4, 0.5) is 0 Å². The van der Waals surface area contributed by atoms with Gasteiger partial charge in [-0.05, 0) is 18.8 Å². The third kappa shape index (κ3) is 4.32. The number of carbonyl (C=O) groups is 2. The van der Waals surface area contributed by atoms with Crippen molar-refractivity contribution < 1.29 is 9.59 Å². The minimum absolute atomic E-state index is 0.178. The number of hydrogen-bond acceptors (Lipinski definition) is 2. The van der Waals surface area contributed by atoms with E-state index in [0.717, 1.165) is 19.3 Å². The second-order valence-electron chi connectivity index (χ2n) is 7.05. The summed E-state index contributed by atoms with van der Waals surface area (Å²) in [6.07, 6.45) is 6.14. The first kappa shape index (κ1) is 16.2. The Hall–Kier alpha value is -0.860. The molecule has 2 N–H and O–H groups in total. The maximum atomic E-state index is 12.7. The van der Waals surface area contributed by atoms with Gasteiger partial charge < -0.3 is 5.73 Å². The Kier molecular flexibility index (Phi) is 5.57. The van der Waals surface area contributed by atoms with Gasteiger partial charge in [0.15, 0.2) is 0 Å². The number of ketones is 1. The summed E-state index contributed by atoms with van der Waals surface area (Å²) < 4.78 is 0.